The Morgan fingerprint density at radius 3 is 2.59 bits per heavy atom. The Morgan fingerprint density at radius 1 is 1.24 bits per heavy atom. The molecule has 0 spiro atoms. The highest BCUT2D eigenvalue weighted by atomic mass is 16.7. The monoisotopic (exact) mass is 482 g/mol. The number of amides is 1. The lowest BCUT2D eigenvalue weighted by Crippen LogP contribution is -2.45. The van der Waals surface area contributed by atoms with E-state index in [1.165, 1.54) is 39.1 Å². The van der Waals surface area contributed by atoms with Crippen molar-refractivity contribution in [2.45, 2.75) is 70.6 Å². The maximum atomic E-state index is 12.7. The molecular weight excluding hydrogens is 448 g/mol. The Balaban J connectivity index is 0.000000589. The number of ether oxygens (including phenoxy) is 5. The van der Waals surface area contributed by atoms with E-state index >= 15 is 0 Å². The van der Waals surface area contributed by atoms with Crippen molar-refractivity contribution >= 4 is 17.8 Å². The van der Waals surface area contributed by atoms with Crippen LogP contribution in [0, 0.1) is 0 Å². The summed E-state index contributed by atoms with van der Waals surface area (Å²) in [6.45, 7) is 3.02. The van der Waals surface area contributed by atoms with Gasteiger partial charge in [-0.1, -0.05) is 12.8 Å². The first kappa shape index (κ1) is 27.3. The van der Waals surface area contributed by atoms with Gasteiger partial charge in [0.1, 0.15) is 0 Å². The molecular formula is C23H34N2O9. The Labute approximate surface area is 199 Å². The SMILES string of the molecule is COc1ccnc(C(=O)N[C@H]2COCCCC(C)OC2=O)c1OCOC(C)=O.OC1CCCC1. The molecule has 1 saturated carbocycles. The van der Waals surface area contributed by atoms with Crippen molar-refractivity contribution in [3.05, 3.63) is 18.0 Å². The van der Waals surface area contributed by atoms with Gasteiger partial charge in [-0.3, -0.25) is 9.59 Å². The molecule has 1 aliphatic carbocycles. The van der Waals surface area contributed by atoms with Gasteiger partial charge >= 0.3 is 11.9 Å². The highest BCUT2D eigenvalue weighted by Gasteiger charge is 2.28. The van der Waals surface area contributed by atoms with E-state index < -0.39 is 30.7 Å². The average molecular weight is 483 g/mol. The fourth-order valence-electron chi connectivity index (χ4n) is 3.38. The molecule has 0 aromatic carbocycles. The molecule has 1 unspecified atom stereocenters. The molecule has 11 nitrogen and oxygen atoms in total. The van der Waals surface area contributed by atoms with Crippen LogP contribution in [0.1, 0.15) is 62.9 Å². The van der Waals surface area contributed by atoms with Crippen molar-refractivity contribution in [1.29, 1.82) is 0 Å². The predicted octanol–water partition coefficient (Wildman–Crippen LogP) is 1.75. The molecule has 0 bridgehead atoms. The van der Waals surface area contributed by atoms with Gasteiger partial charge in [0, 0.05) is 25.8 Å². The van der Waals surface area contributed by atoms with E-state index in [1.807, 2.05) is 0 Å². The number of hydrogen-bond acceptors (Lipinski definition) is 10. The second-order valence-corrected chi connectivity index (χ2v) is 8.02. The quantitative estimate of drug-likeness (QED) is 0.455. The Hall–Kier alpha value is -2.92. The molecule has 190 valence electrons. The van der Waals surface area contributed by atoms with Gasteiger partial charge in [-0.05, 0) is 32.6 Å². The Morgan fingerprint density at radius 2 is 1.97 bits per heavy atom. The van der Waals surface area contributed by atoms with Crippen LogP contribution < -0.4 is 14.8 Å². The maximum Gasteiger partial charge on any atom is 0.331 e. The van der Waals surface area contributed by atoms with Gasteiger partial charge < -0.3 is 34.1 Å². The Bertz CT molecular complexity index is 812. The standard InChI is InChI=1S/C18H24N2O8.C5H10O/c1-11-5-4-8-25-9-13(18(23)28-11)20-17(22)15-16(27-10-26-12(2)21)14(24-3)6-7-19-15;6-5-3-1-2-4-5/h6-7,11,13H,4-5,8-10H2,1-3H3,(H,20,22);5-6H,1-4H2/t11?,13-;/m0./s1. The molecule has 1 aliphatic heterocycles. The lowest BCUT2D eigenvalue weighted by atomic mass is 10.2. The van der Waals surface area contributed by atoms with Crippen molar-refractivity contribution in [2.24, 2.45) is 0 Å². The maximum absolute atomic E-state index is 12.7. The average Bonchev–Trinajstić information content (AvgIpc) is 3.30. The van der Waals surface area contributed by atoms with Crippen LogP contribution in [0.4, 0.5) is 0 Å². The molecule has 3 rings (SSSR count). The molecule has 2 N–H and O–H groups in total. The number of aliphatic hydroxyl groups excluding tert-OH is 1. The van der Waals surface area contributed by atoms with Gasteiger partial charge in [0.05, 0.1) is 25.9 Å². The van der Waals surface area contributed by atoms with E-state index in [9.17, 15) is 14.4 Å². The summed E-state index contributed by atoms with van der Waals surface area (Å²) in [6, 6.07) is 0.487. The fraction of sp³-hybridized carbons (Fsp3) is 0.652. The third-order valence-corrected chi connectivity index (χ3v) is 5.18. The van der Waals surface area contributed by atoms with Crippen LogP contribution in [0.5, 0.6) is 11.5 Å². The second kappa shape index (κ2) is 14.4. The molecule has 1 aromatic heterocycles. The zero-order chi connectivity index (χ0) is 24.9. The van der Waals surface area contributed by atoms with Gasteiger partial charge in [-0.15, -0.1) is 0 Å². The molecule has 1 aromatic rings. The normalized spacial score (nSPS) is 21.0. The predicted molar refractivity (Wildman–Crippen MR) is 119 cm³/mol. The summed E-state index contributed by atoms with van der Waals surface area (Å²) >= 11 is 0. The van der Waals surface area contributed by atoms with E-state index in [4.69, 9.17) is 28.8 Å². The summed E-state index contributed by atoms with van der Waals surface area (Å²) in [5, 5.41) is 11.3. The van der Waals surface area contributed by atoms with Crippen LogP contribution in [0.25, 0.3) is 0 Å². The number of aromatic nitrogens is 1. The number of carbonyl (C=O) groups is 3. The van der Waals surface area contributed by atoms with Gasteiger partial charge in [-0.2, -0.15) is 0 Å². The van der Waals surface area contributed by atoms with Gasteiger partial charge in [0.15, 0.2) is 23.2 Å². The van der Waals surface area contributed by atoms with Crippen LogP contribution in [-0.4, -0.2) is 73.3 Å². The van der Waals surface area contributed by atoms with Gasteiger partial charge in [0.2, 0.25) is 6.79 Å². The van der Waals surface area contributed by atoms with Crippen LogP contribution in [0.3, 0.4) is 0 Å². The number of aliphatic hydroxyl groups is 1. The molecule has 0 radical (unpaired) electrons. The lowest BCUT2D eigenvalue weighted by Gasteiger charge is -2.19. The smallest absolute Gasteiger partial charge is 0.331 e. The fourth-order valence-corrected chi connectivity index (χ4v) is 3.38. The van der Waals surface area contributed by atoms with Crippen molar-refractivity contribution < 1.29 is 43.2 Å². The highest BCUT2D eigenvalue weighted by molar-refractivity contribution is 5.98. The zero-order valence-electron chi connectivity index (χ0n) is 19.9. The summed E-state index contributed by atoms with van der Waals surface area (Å²) < 4.78 is 26.0. The Kier molecular flexibility index (Phi) is 11.5. The first-order chi connectivity index (χ1) is 16.3. The number of esters is 2. The zero-order valence-corrected chi connectivity index (χ0v) is 19.9. The first-order valence-electron chi connectivity index (χ1n) is 11.4. The molecule has 2 heterocycles. The summed E-state index contributed by atoms with van der Waals surface area (Å²) in [5.74, 6) is -1.63. The minimum absolute atomic E-state index is 0.0190. The van der Waals surface area contributed by atoms with Gasteiger partial charge in [-0.25, -0.2) is 9.78 Å². The summed E-state index contributed by atoms with van der Waals surface area (Å²) in [4.78, 5) is 40.0. The molecule has 2 aliphatic rings. The molecule has 1 amide bonds. The molecule has 2 fully saturated rings. The third-order valence-electron chi connectivity index (χ3n) is 5.18. The van der Waals surface area contributed by atoms with Gasteiger partial charge in [0.25, 0.3) is 5.91 Å². The topological polar surface area (TPSA) is 143 Å². The number of cyclic esters (lactones) is 1. The van der Waals surface area contributed by atoms with E-state index in [0.29, 0.717) is 13.0 Å². The van der Waals surface area contributed by atoms with Crippen molar-refractivity contribution in [3.63, 3.8) is 0 Å². The molecule has 2 atom stereocenters. The highest BCUT2D eigenvalue weighted by Crippen LogP contribution is 2.29. The van der Waals surface area contributed by atoms with Crippen LogP contribution in [0.2, 0.25) is 0 Å². The number of methoxy groups -OCH3 is 1. The number of carbonyl (C=O) groups excluding carboxylic acids is 3. The van der Waals surface area contributed by atoms with Crippen LogP contribution in [-0.2, 0) is 23.8 Å². The summed E-state index contributed by atoms with van der Waals surface area (Å²) in [7, 11) is 1.39. The lowest BCUT2D eigenvalue weighted by molar-refractivity contribution is -0.151. The number of pyridine rings is 1. The number of rotatable bonds is 6. The number of nitrogens with one attached hydrogen (secondary N) is 1. The van der Waals surface area contributed by atoms with E-state index in [0.717, 1.165) is 19.3 Å². The number of nitrogens with zero attached hydrogens (tertiary/aromatic N) is 1. The van der Waals surface area contributed by atoms with Crippen LogP contribution >= 0.6 is 0 Å². The largest absolute Gasteiger partial charge is 0.493 e. The first-order valence-corrected chi connectivity index (χ1v) is 11.4. The summed E-state index contributed by atoms with van der Waals surface area (Å²) in [5.41, 5.74) is -0.132. The van der Waals surface area contributed by atoms with E-state index in [2.05, 4.69) is 10.3 Å². The third kappa shape index (κ3) is 9.14. The van der Waals surface area contributed by atoms with Crippen molar-refractivity contribution in [2.75, 3.05) is 27.1 Å². The van der Waals surface area contributed by atoms with Crippen molar-refractivity contribution in [3.8, 4) is 11.5 Å². The van der Waals surface area contributed by atoms with E-state index in [-0.39, 0.29) is 36.0 Å². The number of hydrogen-bond donors (Lipinski definition) is 2. The summed E-state index contributed by atoms with van der Waals surface area (Å²) in [6.07, 6.45) is 7.12. The van der Waals surface area contributed by atoms with Crippen LogP contribution in [0.15, 0.2) is 12.3 Å². The van der Waals surface area contributed by atoms with Crippen molar-refractivity contribution in [1.82, 2.24) is 10.3 Å². The van der Waals surface area contributed by atoms with E-state index in [1.54, 1.807) is 6.92 Å². The molecule has 11 heteroatoms. The minimum Gasteiger partial charge on any atom is -0.493 e. The molecule has 1 saturated heterocycles. The minimum atomic E-state index is -0.998. The second-order valence-electron chi connectivity index (χ2n) is 8.02. The molecule has 34 heavy (non-hydrogen) atoms.